The number of aryl methyl sites for hydroxylation is 1. The Hall–Kier alpha value is -0.540. The Morgan fingerprint density at radius 3 is 2.76 bits per heavy atom. The molecule has 3 heteroatoms. The van der Waals surface area contributed by atoms with Crippen molar-refractivity contribution in [1.82, 2.24) is 5.32 Å². The molecular formula is C14H22FNS. The van der Waals surface area contributed by atoms with Crippen molar-refractivity contribution in [2.75, 3.05) is 18.6 Å². The van der Waals surface area contributed by atoms with Crippen LogP contribution in [0.3, 0.4) is 0 Å². The van der Waals surface area contributed by atoms with Crippen LogP contribution in [0.5, 0.6) is 0 Å². The van der Waals surface area contributed by atoms with Gasteiger partial charge in [0.15, 0.2) is 0 Å². The molecule has 0 fully saturated rings. The number of benzene rings is 1. The summed E-state index contributed by atoms with van der Waals surface area (Å²) in [4.78, 5) is 0. The van der Waals surface area contributed by atoms with Crippen LogP contribution in [0.1, 0.15) is 30.4 Å². The fourth-order valence-electron chi connectivity index (χ4n) is 1.75. The number of halogens is 1. The van der Waals surface area contributed by atoms with Gasteiger partial charge in [-0.05, 0) is 61.6 Å². The minimum absolute atomic E-state index is 0.150. The first-order chi connectivity index (χ1) is 8.24. The molecule has 0 aliphatic rings. The molecule has 96 valence electrons. The van der Waals surface area contributed by atoms with Gasteiger partial charge >= 0.3 is 0 Å². The van der Waals surface area contributed by atoms with Crippen LogP contribution in [-0.4, -0.2) is 18.6 Å². The molecule has 0 atom stereocenters. The van der Waals surface area contributed by atoms with Crippen LogP contribution in [-0.2, 0) is 6.54 Å². The van der Waals surface area contributed by atoms with E-state index in [-0.39, 0.29) is 5.82 Å². The summed E-state index contributed by atoms with van der Waals surface area (Å²) in [6.07, 6.45) is 5.96. The maximum absolute atomic E-state index is 12.9. The fraction of sp³-hybridized carbons (Fsp3) is 0.571. The zero-order valence-electron chi connectivity index (χ0n) is 10.8. The van der Waals surface area contributed by atoms with Crippen LogP contribution in [0.25, 0.3) is 0 Å². The highest BCUT2D eigenvalue weighted by Crippen LogP contribution is 2.09. The normalized spacial score (nSPS) is 10.8. The smallest absolute Gasteiger partial charge is 0.123 e. The molecule has 1 aromatic rings. The van der Waals surface area contributed by atoms with Crippen molar-refractivity contribution in [1.29, 1.82) is 0 Å². The molecule has 0 unspecified atom stereocenters. The number of rotatable bonds is 8. The highest BCUT2D eigenvalue weighted by molar-refractivity contribution is 7.98. The highest BCUT2D eigenvalue weighted by Gasteiger charge is 1.99. The lowest BCUT2D eigenvalue weighted by molar-refractivity contribution is 0.610. The first kappa shape index (κ1) is 14.5. The van der Waals surface area contributed by atoms with E-state index < -0.39 is 0 Å². The Balaban J connectivity index is 2.14. The van der Waals surface area contributed by atoms with Crippen LogP contribution >= 0.6 is 11.8 Å². The molecular weight excluding hydrogens is 233 g/mol. The molecule has 0 aromatic heterocycles. The summed E-state index contributed by atoms with van der Waals surface area (Å²) in [6.45, 7) is 3.85. The van der Waals surface area contributed by atoms with Gasteiger partial charge in [0, 0.05) is 6.54 Å². The van der Waals surface area contributed by atoms with Gasteiger partial charge in [0.05, 0.1) is 0 Å². The summed E-state index contributed by atoms with van der Waals surface area (Å²) in [5.41, 5.74) is 2.22. The van der Waals surface area contributed by atoms with E-state index in [0.29, 0.717) is 0 Å². The monoisotopic (exact) mass is 255 g/mol. The average Bonchev–Trinajstić information content (AvgIpc) is 2.30. The first-order valence-electron chi connectivity index (χ1n) is 6.18. The van der Waals surface area contributed by atoms with Crippen LogP contribution < -0.4 is 5.32 Å². The van der Waals surface area contributed by atoms with Gasteiger partial charge in [0.25, 0.3) is 0 Å². The van der Waals surface area contributed by atoms with E-state index in [1.165, 1.54) is 36.6 Å². The third-order valence-corrected chi connectivity index (χ3v) is 3.52. The van der Waals surface area contributed by atoms with Crippen LogP contribution in [0.4, 0.5) is 4.39 Å². The Bertz CT molecular complexity index is 328. The molecule has 0 amide bonds. The van der Waals surface area contributed by atoms with Crippen LogP contribution in [0.2, 0.25) is 0 Å². The van der Waals surface area contributed by atoms with Crippen molar-refractivity contribution in [3.63, 3.8) is 0 Å². The number of hydrogen-bond donors (Lipinski definition) is 1. The average molecular weight is 255 g/mol. The summed E-state index contributed by atoms with van der Waals surface area (Å²) in [5.74, 6) is 1.11. The standard InChI is InChI=1S/C14H22FNS/c1-12-10-14(15)7-6-13(12)11-16-8-4-3-5-9-17-2/h6-7,10,16H,3-5,8-9,11H2,1-2H3. The van der Waals surface area contributed by atoms with Crippen molar-refractivity contribution in [2.45, 2.75) is 32.7 Å². The fourth-order valence-corrected chi connectivity index (χ4v) is 2.25. The molecule has 1 rings (SSSR count). The molecule has 17 heavy (non-hydrogen) atoms. The van der Waals surface area contributed by atoms with E-state index >= 15 is 0 Å². The van der Waals surface area contributed by atoms with Crippen molar-refractivity contribution < 1.29 is 4.39 Å². The Labute approximate surface area is 108 Å². The lowest BCUT2D eigenvalue weighted by atomic mass is 10.1. The molecule has 1 N–H and O–H groups in total. The molecule has 1 aromatic carbocycles. The van der Waals surface area contributed by atoms with Gasteiger partial charge in [0.2, 0.25) is 0 Å². The van der Waals surface area contributed by atoms with Crippen molar-refractivity contribution in [2.24, 2.45) is 0 Å². The molecule has 0 bridgehead atoms. The third kappa shape index (κ3) is 6.08. The summed E-state index contributed by atoms with van der Waals surface area (Å²) in [5, 5.41) is 3.41. The molecule has 0 heterocycles. The topological polar surface area (TPSA) is 12.0 Å². The second kappa shape index (κ2) is 8.54. The SMILES string of the molecule is CSCCCCCNCc1ccc(F)cc1C. The molecule has 0 saturated carbocycles. The summed E-state index contributed by atoms with van der Waals surface area (Å²) >= 11 is 1.91. The predicted molar refractivity (Wildman–Crippen MR) is 75.1 cm³/mol. The number of hydrogen-bond acceptors (Lipinski definition) is 2. The van der Waals surface area contributed by atoms with E-state index in [9.17, 15) is 4.39 Å². The quantitative estimate of drug-likeness (QED) is 0.710. The lowest BCUT2D eigenvalue weighted by Crippen LogP contribution is -2.15. The van der Waals surface area contributed by atoms with Crippen molar-refractivity contribution >= 4 is 11.8 Å². The molecule has 0 saturated heterocycles. The zero-order valence-corrected chi connectivity index (χ0v) is 11.6. The van der Waals surface area contributed by atoms with Gasteiger partial charge in [-0.15, -0.1) is 0 Å². The van der Waals surface area contributed by atoms with Crippen LogP contribution in [0.15, 0.2) is 18.2 Å². The number of unbranched alkanes of at least 4 members (excludes halogenated alkanes) is 2. The van der Waals surface area contributed by atoms with Crippen LogP contribution in [0, 0.1) is 12.7 Å². The summed E-state index contributed by atoms with van der Waals surface area (Å²) < 4.78 is 12.9. The zero-order chi connectivity index (χ0) is 12.5. The van der Waals surface area contributed by atoms with Crippen molar-refractivity contribution in [3.8, 4) is 0 Å². The Morgan fingerprint density at radius 1 is 1.24 bits per heavy atom. The third-order valence-electron chi connectivity index (χ3n) is 2.82. The molecule has 1 nitrogen and oxygen atoms in total. The summed E-state index contributed by atoms with van der Waals surface area (Å²) in [7, 11) is 0. The minimum Gasteiger partial charge on any atom is -0.313 e. The molecule has 0 spiro atoms. The van der Waals surface area contributed by atoms with Gasteiger partial charge in [-0.1, -0.05) is 12.5 Å². The maximum Gasteiger partial charge on any atom is 0.123 e. The van der Waals surface area contributed by atoms with E-state index in [4.69, 9.17) is 0 Å². The minimum atomic E-state index is -0.150. The largest absolute Gasteiger partial charge is 0.313 e. The van der Waals surface area contributed by atoms with E-state index in [1.54, 1.807) is 6.07 Å². The van der Waals surface area contributed by atoms with Gasteiger partial charge in [-0.25, -0.2) is 4.39 Å². The van der Waals surface area contributed by atoms with E-state index in [0.717, 1.165) is 18.7 Å². The van der Waals surface area contributed by atoms with E-state index in [2.05, 4.69) is 11.6 Å². The second-order valence-corrected chi connectivity index (χ2v) is 5.29. The molecule has 0 radical (unpaired) electrons. The maximum atomic E-state index is 12.9. The number of nitrogens with one attached hydrogen (secondary N) is 1. The lowest BCUT2D eigenvalue weighted by Gasteiger charge is -2.07. The first-order valence-corrected chi connectivity index (χ1v) is 7.58. The Kier molecular flexibility index (Phi) is 7.29. The van der Waals surface area contributed by atoms with Gasteiger partial charge in [-0.3, -0.25) is 0 Å². The van der Waals surface area contributed by atoms with Gasteiger partial charge < -0.3 is 5.32 Å². The number of thioether (sulfide) groups is 1. The predicted octanol–water partition coefficient (Wildman–Crippen LogP) is 3.76. The molecule has 0 aliphatic heterocycles. The second-order valence-electron chi connectivity index (χ2n) is 4.30. The van der Waals surface area contributed by atoms with Gasteiger partial charge in [-0.2, -0.15) is 11.8 Å². The summed E-state index contributed by atoms with van der Waals surface area (Å²) in [6, 6.07) is 4.99. The van der Waals surface area contributed by atoms with Crippen molar-refractivity contribution in [3.05, 3.63) is 35.1 Å². The van der Waals surface area contributed by atoms with Gasteiger partial charge in [0.1, 0.15) is 5.82 Å². The highest BCUT2D eigenvalue weighted by atomic mass is 32.2. The Morgan fingerprint density at radius 2 is 2.06 bits per heavy atom. The van der Waals surface area contributed by atoms with E-state index in [1.807, 2.05) is 24.8 Å². The molecule has 0 aliphatic carbocycles.